The molecule has 0 amide bonds. The Bertz CT molecular complexity index is 846. The van der Waals surface area contributed by atoms with E-state index in [-0.39, 0.29) is 19.8 Å². The first kappa shape index (κ1) is 18.6. The van der Waals surface area contributed by atoms with Gasteiger partial charge in [0.15, 0.2) is 0 Å². The van der Waals surface area contributed by atoms with E-state index >= 15 is 0 Å². The highest BCUT2D eigenvalue weighted by Crippen LogP contribution is 2.40. The predicted molar refractivity (Wildman–Crippen MR) is 89.8 cm³/mol. The number of halogens is 2. The maximum atomic E-state index is 11.2. The Morgan fingerprint density at radius 1 is 1.44 bits per heavy atom. The van der Waals surface area contributed by atoms with Crippen molar-refractivity contribution in [2.75, 3.05) is 19.5 Å². The molecule has 0 bridgehead atoms. The molecule has 2 heterocycles. The average molecular weight is 408 g/mol. The van der Waals surface area contributed by atoms with Crippen LogP contribution in [0.15, 0.2) is 30.6 Å². The van der Waals surface area contributed by atoms with Gasteiger partial charge in [0, 0.05) is 16.8 Å². The van der Waals surface area contributed by atoms with E-state index in [0.29, 0.717) is 15.6 Å². The number of benzene rings is 1. The van der Waals surface area contributed by atoms with Crippen molar-refractivity contribution in [3.8, 4) is 0 Å². The van der Waals surface area contributed by atoms with Gasteiger partial charge in [0.1, 0.15) is 12.6 Å². The monoisotopic (exact) mass is 407 g/mol. The van der Waals surface area contributed by atoms with Crippen molar-refractivity contribution in [3.05, 3.63) is 46.2 Å². The summed E-state index contributed by atoms with van der Waals surface area (Å²) >= 11 is 12.3. The molecule has 0 unspecified atom stereocenters. The summed E-state index contributed by atoms with van der Waals surface area (Å²) in [6.07, 6.45) is 3.56. The van der Waals surface area contributed by atoms with Gasteiger partial charge in [0.25, 0.3) is 10.1 Å². The van der Waals surface area contributed by atoms with E-state index in [9.17, 15) is 8.42 Å². The smallest absolute Gasteiger partial charge is 0.264 e. The van der Waals surface area contributed by atoms with Crippen LogP contribution in [0, 0.1) is 0 Å². The second-order valence-electron chi connectivity index (χ2n) is 5.52. The highest BCUT2D eigenvalue weighted by atomic mass is 35.5. The van der Waals surface area contributed by atoms with Crippen molar-refractivity contribution in [1.29, 1.82) is 0 Å². The van der Waals surface area contributed by atoms with Crippen LogP contribution < -0.4 is 0 Å². The van der Waals surface area contributed by atoms with Crippen molar-refractivity contribution in [1.82, 2.24) is 15.0 Å². The standard InChI is InChI=1S/C14H15Cl2N3O5S/c1-25(20,21)23-8-11-7-22-14(24-11,9-19-5-4-17-18-19)12-3-2-10(15)6-13(12)16/h2-6,11H,7-9H2,1H3/t11-,14+/m1/s1. The highest BCUT2D eigenvalue weighted by Gasteiger charge is 2.45. The number of hydrogen-bond acceptors (Lipinski definition) is 7. The first-order valence-electron chi connectivity index (χ1n) is 7.23. The molecule has 1 fully saturated rings. The van der Waals surface area contributed by atoms with Gasteiger partial charge in [-0.3, -0.25) is 4.18 Å². The number of aromatic nitrogens is 3. The molecule has 3 rings (SSSR count). The first-order valence-corrected chi connectivity index (χ1v) is 9.80. The molecular weight excluding hydrogens is 393 g/mol. The van der Waals surface area contributed by atoms with E-state index in [1.807, 2.05) is 0 Å². The normalized spacial score (nSPS) is 23.9. The van der Waals surface area contributed by atoms with E-state index in [1.54, 1.807) is 24.4 Å². The molecule has 1 aliphatic rings. The Hall–Kier alpha value is -1.23. The molecule has 1 aliphatic heterocycles. The summed E-state index contributed by atoms with van der Waals surface area (Å²) < 4.78 is 40.6. The van der Waals surface area contributed by atoms with Crippen molar-refractivity contribution in [3.63, 3.8) is 0 Å². The zero-order valence-corrected chi connectivity index (χ0v) is 15.5. The molecule has 0 N–H and O–H groups in total. The van der Waals surface area contributed by atoms with Crippen molar-refractivity contribution in [2.45, 2.75) is 18.4 Å². The lowest BCUT2D eigenvalue weighted by atomic mass is 10.1. The topological polar surface area (TPSA) is 92.5 Å². The maximum absolute atomic E-state index is 11.2. The lowest BCUT2D eigenvalue weighted by Crippen LogP contribution is -2.35. The maximum Gasteiger partial charge on any atom is 0.264 e. The summed E-state index contributed by atoms with van der Waals surface area (Å²) in [5.74, 6) is -1.26. The number of hydrogen-bond donors (Lipinski definition) is 0. The van der Waals surface area contributed by atoms with Gasteiger partial charge < -0.3 is 9.47 Å². The average Bonchev–Trinajstić information content (AvgIpc) is 3.15. The molecule has 25 heavy (non-hydrogen) atoms. The SMILES string of the molecule is CS(=O)(=O)OC[C@H]1CO[C@](Cn2ccnn2)(c2ccc(Cl)cc2Cl)O1. The van der Waals surface area contributed by atoms with Crippen molar-refractivity contribution >= 4 is 33.3 Å². The van der Waals surface area contributed by atoms with Crippen LogP contribution >= 0.6 is 23.2 Å². The van der Waals surface area contributed by atoms with Gasteiger partial charge in [-0.15, -0.1) is 5.10 Å². The zero-order valence-electron chi connectivity index (χ0n) is 13.1. The molecule has 1 aromatic heterocycles. The fourth-order valence-electron chi connectivity index (χ4n) is 2.48. The molecule has 0 saturated carbocycles. The molecule has 136 valence electrons. The van der Waals surface area contributed by atoms with Gasteiger partial charge in [-0.2, -0.15) is 8.42 Å². The highest BCUT2D eigenvalue weighted by molar-refractivity contribution is 7.85. The molecule has 1 aromatic carbocycles. The molecular formula is C14H15Cl2N3O5S. The van der Waals surface area contributed by atoms with E-state index in [2.05, 4.69) is 10.3 Å². The lowest BCUT2D eigenvalue weighted by molar-refractivity contribution is -0.190. The third-order valence-corrected chi connectivity index (χ3v) is 4.62. The van der Waals surface area contributed by atoms with E-state index < -0.39 is 22.0 Å². The van der Waals surface area contributed by atoms with Gasteiger partial charge in [-0.25, -0.2) is 4.68 Å². The van der Waals surface area contributed by atoms with Crippen LogP contribution in [0.25, 0.3) is 0 Å². The van der Waals surface area contributed by atoms with Crippen LogP contribution in [0.2, 0.25) is 10.0 Å². The number of nitrogens with zero attached hydrogens (tertiary/aromatic N) is 3. The van der Waals surface area contributed by atoms with E-state index in [4.69, 9.17) is 36.9 Å². The van der Waals surface area contributed by atoms with Crippen LogP contribution in [0.1, 0.15) is 5.56 Å². The summed E-state index contributed by atoms with van der Waals surface area (Å²) in [4.78, 5) is 0. The molecule has 0 spiro atoms. The fraction of sp³-hybridized carbons (Fsp3) is 0.429. The predicted octanol–water partition coefficient (Wildman–Crippen LogP) is 1.83. The summed E-state index contributed by atoms with van der Waals surface area (Å²) in [7, 11) is -3.58. The number of rotatable bonds is 6. The van der Waals surface area contributed by atoms with Crippen LogP contribution in [-0.2, 0) is 36.1 Å². The molecule has 11 heteroatoms. The number of ether oxygens (including phenoxy) is 2. The quantitative estimate of drug-likeness (QED) is 0.674. The second kappa shape index (κ2) is 7.18. The summed E-state index contributed by atoms with van der Waals surface area (Å²) in [6.45, 7) is 0.135. The Morgan fingerprint density at radius 2 is 2.24 bits per heavy atom. The van der Waals surface area contributed by atoms with Gasteiger partial charge in [0.05, 0.1) is 30.7 Å². The molecule has 8 nitrogen and oxygen atoms in total. The van der Waals surface area contributed by atoms with Crippen molar-refractivity contribution < 1.29 is 22.1 Å². The zero-order chi connectivity index (χ0) is 18.1. The van der Waals surface area contributed by atoms with E-state index in [1.165, 1.54) is 10.9 Å². The van der Waals surface area contributed by atoms with Crippen LogP contribution in [0.4, 0.5) is 0 Å². The van der Waals surface area contributed by atoms with E-state index in [0.717, 1.165) is 6.26 Å². The summed E-state index contributed by atoms with van der Waals surface area (Å²) in [5.41, 5.74) is 0.552. The largest absolute Gasteiger partial charge is 0.342 e. The van der Waals surface area contributed by atoms with Gasteiger partial charge in [-0.05, 0) is 12.1 Å². The third kappa shape index (κ3) is 4.49. The second-order valence-corrected chi connectivity index (χ2v) is 8.00. The Morgan fingerprint density at radius 3 is 2.88 bits per heavy atom. The van der Waals surface area contributed by atoms with Crippen molar-refractivity contribution in [2.24, 2.45) is 0 Å². The van der Waals surface area contributed by atoms with Gasteiger partial charge in [0.2, 0.25) is 5.79 Å². The lowest BCUT2D eigenvalue weighted by Gasteiger charge is -2.29. The Kier molecular flexibility index (Phi) is 5.33. The molecule has 0 radical (unpaired) electrons. The minimum Gasteiger partial charge on any atom is -0.342 e. The summed E-state index contributed by atoms with van der Waals surface area (Å²) in [5, 5.41) is 8.51. The van der Waals surface area contributed by atoms with Crippen LogP contribution in [0.5, 0.6) is 0 Å². The Balaban J connectivity index is 1.88. The molecule has 2 aromatic rings. The summed E-state index contributed by atoms with van der Waals surface area (Å²) in [6, 6.07) is 4.94. The Labute approximate surface area is 154 Å². The van der Waals surface area contributed by atoms with Crippen LogP contribution in [0.3, 0.4) is 0 Å². The third-order valence-electron chi connectivity index (χ3n) is 3.51. The minimum absolute atomic E-state index is 0.128. The molecule has 1 saturated heterocycles. The first-order chi connectivity index (χ1) is 11.8. The fourth-order valence-corrected chi connectivity index (χ4v) is 3.44. The van der Waals surface area contributed by atoms with Gasteiger partial charge >= 0.3 is 0 Å². The molecule has 0 aliphatic carbocycles. The van der Waals surface area contributed by atoms with Gasteiger partial charge in [-0.1, -0.05) is 34.5 Å². The van der Waals surface area contributed by atoms with Crippen LogP contribution in [-0.4, -0.2) is 49.0 Å². The molecule has 2 atom stereocenters. The minimum atomic E-state index is -3.58.